The van der Waals surface area contributed by atoms with Gasteiger partial charge < -0.3 is 5.32 Å². The average molecular weight is 266 g/mol. The van der Waals surface area contributed by atoms with Crippen molar-refractivity contribution in [3.63, 3.8) is 0 Å². The fraction of sp³-hybridized carbons (Fsp3) is 0.625. The summed E-state index contributed by atoms with van der Waals surface area (Å²) in [6.07, 6.45) is 8.04. The van der Waals surface area contributed by atoms with Crippen molar-refractivity contribution >= 4 is 17.3 Å². The van der Waals surface area contributed by atoms with Gasteiger partial charge in [-0.25, -0.2) is 0 Å². The number of hydrogen-bond donors (Lipinski definition) is 1. The normalized spacial score (nSPS) is 23.9. The molecule has 100 valence electrons. The zero-order valence-electron chi connectivity index (χ0n) is 11.5. The third kappa shape index (κ3) is 3.41. The number of anilines is 1. The molecule has 2 rings (SSSR count). The molecule has 2 heteroatoms. The SMILES string of the molecule is CCCC1CCC(Nc2c(C)cccc2Cl)CC1. The molecular formula is C16H24ClN. The molecule has 0 amide bonds. The molecule has 0 radical (unpaired) electrons. The number of para-hydroxylation sites is 1. The van der Waals surface area contributed by atoms with Crippen LogP contribution in [0.3, 0.4) is 0 Å². The molecule has 0 heterocycles. The molecular weight excluding hydrogens is 242 g/mol. The summed E-state index contributed by atoms with van der Waals surface area (Å²) in [7, 11) is 0. The van der Waals surface area contributed by atoms with Gasteiger partial charge in [0.2, 0.25) is 0 Å². The Morgan fingerprint density at radius 1 is 1.22 bits per heavy atom. The molecule has 0 spiro atoms. The molecule has 0 saturated heterocycles. The van der Waals surface area contributed by atoms with Crippen LogP contribution in [0.25, 0.3) is 0 Å². The second-order valence-corrected chi connectivity index (χ2v) is 5.99. The maximum Gasteiger partial charge on any atom is 0.0640 e. The Bertz CT molecular complexity index is 360. The van der Waals surface area contributed by atoms with Gasteiger partial charge in [-0.15, -0.1) is 0 Å². The van der Waals surface area contributed by atoms with E-state index in [0.29, 0.717) is 6.04 Å². The Kier molecular flexibility index (Phi) is 4.94. The van der Waals surface area contributed by atoms with Crippen LogP contribution in [0.2, 0.25) is 5.02 Å². The van der Waals surface area contributed by atoms with Gasteiger partial charge in [-0.3, -0.25) is 0 Å². The van der Waals surface area contributed by atoms with Crippen molar-refractivity contribution in [2.75, 3.05) is 5.32 Å². The first kappa shape index (κ1) is 13.7. The molecule has 1 aliphatic rings. The van der Waals surface area contributed by atoms with Gasteiger partial charge in [0.25, 0.3) is 0 Å². The molecule has 18 heavy (non-hydrogen) atoms. The highest BCUT2D eigenvalue weighted by atomic mass is 35.5. The van der Waals surface area contributed by atoms with Crippen molar-refractivity contribution in [1.82, 2.24) is 0 Å². The Morgan fingerprint density at radius 3 is 2.56 bits per heavy atom. The number of aryl methyl sites for hydroxylation is 1. The van der Waals surface area contributed by atoms with E-state index in [2.05, 4.69) is 25.2 Å². The predicted molar refractivity (Wildman–Crippen MR) is 80.5 cm³/mol. The van der Waals surface area contributed by atoms with Crippen LogP contribution < -0.4 is 5.32 Å². The molecule has 1 aliphatic carbocycles. The minimum absolute atomic E-state index is 0.608. The van der Waals surface area contributed by atoms with Gasteiger partial charge in [0.15, 0.2) is 0 Å². The van der Waals surface area contributed by atoms with E-state index in [-0.39, 0.29) is 0 Å². The molecule has 1 saturated carbocycles. The van der Waals surface area contributed by atoms with E-state index in [4.69, 9.17) is 11.6 Å². The molecule has 0 bridgehead atoms. The lowest BCUT2D eigenvalue weighted by Crippen LogP contribution is -2.26. The Balaban J connectivity index is 1.92. The van der Waals surface area contributed by atoms with Crippen LogP contribution in [0.4, 0.5) is 5.69 Å². The Labute approximate surface area is 116 Å². The van der Waals surface area contributed by atoms with Crippen molar-refractivity contribution in [1.29, 1.82) is 0 Å². The van der Waals surface area contributed by atoms with Crippen molar-refractivity contribution in [3.05, 3.63) is 28.8 Å². The number of rotatable bonds is 4. The molecule has 0 aromatic heterocycles. The van der Waals surface area contributed by atoms with Crippen LogP contribution in [0.15, 0.2) is 18.2 Å². The van der Waals surface area contributed by atoms with Crippen molar-refractivity contribution in [2.45, 2.75) is 58.4 Å². The minimum Gasteiger partial charge on any atom is -0.381 e. The maximum atomic E-state index is 6.26. The molecule has 0 unspecified atom stereocenters. The van der Waals surface area contributed by atoms with Crippen LogP contribution in [0.5, 0.6) is 0 Å². The van der Waals surface area contributed by atoms with Gasteiger partial charge in [0.05, 0.1) is 10.7 Å². The summed E-state index contributed by atoms with van der Waals surface area (Å²) in [5.74, 6) is 0.959. The second-order valence-electron chi connectivity index (χ2n) is 5.58. The predicted octanol–water partition coefficient (Wildman–Crippen LogP) is 5.42. The van der Waals surface area contributed by atoms with Gasteiger partial charge in [0, 0.05) is 6.04 Å². The number of nitrogens with one attached hydrogen (secondary N) is 1. The van der Waals surface area contributed by atoms with Crippen molar-refractivity contribution in [3.8, 4) is 0 Å². The summed E-state index contributed by atoms with van der Waals surface area (Å²) in [5, 5.41) is 4.50. The van der Waals surface area contributed by atoms with E-state index < -0.39 is 0 Å². The minimum atomic E-state index is 0.608. The highest BCUT2D eigenvalue weighted by molar-refractivity contribution is 6.33. The quantitative estimate of drug-likeness (QED) is 0.767. The standard InChI is InChI=1S/C16H24ClN/c1-3-5-13-8-10-14(11-9-13)18-16-12(2)6-4-7-15(16)17/h4,6-7,13-14,18H,3,5,8-11H2,1-2H3. The molecule has 0 atom stereocenters. The lowest BCUT2D eigenvalue weighted by atomic mass is 9.83. The lowest BCUT2D eigenvalue weighted by molar-refractivity contribution is 0.319. The largest absolute Gasteiger partial charge is 0.381 e. The highest BCUT2D eigenvalue weighted by Gasteiger charge is 2.21. The maximum absolute atomic E-state index is 6.26. The van der Waals surface area contributed by atoms with E-state index in [0.717, 1.165) is 16.6 Å². The third-order valence-electron chi connectivity index (χ3n) is 4.11. The van der Waals surface area contributed by atoms with Gasteiger partial charge in [-0.05, 0) is 50.2 Å². The molecule has 1 N–H and O–H groups in total. The second kappa shape index (κ2) is 6.47. The van der Waals surface area contributed by atoms with Crippen LogP contribution in [0.1, 0.15) is 51.0 Å². The third-order valence-corrected chi connectivity index (χ3v) is 4.43. The van der Waals surface area contributed by atoms with E-state index in [9.17, 15) is 0 Å². The monoisotopic (exact) mass is 265 g/mol. The smallest absolute Gasteiger partial charge is 0.0640 e. The summed E-state index contributed by atoms with van der Waals surface area (Å²) in [6.45, 7) is 4.41. The summed E-state index contributed by atoms with van der Waals surface area (Å²) in [4.78, 5) is 0. The van der Waals surface area contributed by atoms with E-state index >= 15 is 0 Å². The van der Waals surface area contributed by atoms with Gasteiger partial charge in [-0.1, -0.05) is 43.5 Å². The van der Waals surface area contributed by atoms with Crippen LogP contribution in [0, 0.1) is 12.8 Å². The zero-order valence-corrected chi connectivity index (χ0v) is 12.3. The fourth-order valence-corrected chi connectivity index (χ4v) is 3.30. The first-order valence-corrected chi connectivity index (χ1v) is 7.60. The molecule has 1 nitrogen and oxygen atoms in total. The van der Waals surface area contributed by atoms with Crippen molar-refractivity contribution in [2.24, 2.45) is 5.92 Å². The highest BCUT2D eigenvalue weighted by Crippen LogP contribution is 2.32. The summed E-state index contributed by atoms with van der Waals surface area (Å²) >= 11 is 6.26. The average Bonchev–Trinajstić information content (AvgIpc) is 2.36. The van der Waals surface area contributed by atoms with E-state index in [1.54, 1.807) is 0 Å². The van der Waals surface area contributed by atoms with E-state index in [1.807, 2.05) is 12.1 Å². The van der Waals surface area contributed by atoms with E-state index in [1.165, 1.54) is 44.1 Å². The lowest BCUT2D eigenvalue weighted by Gasteiger charge is -2.30. The van der Waals surface area contributed by atoms with Gasteiger partial charge in [0.1, 0.15) is 0 Å². The summed E-state index contributed by atoms with van der Waals surface area (Å²) in [6, 6.07) is 6.72. The fourth-order valence-electron chi connectivity index (χ4n) is 3.02. The first-order chi connectivity index (χ1) is 8.70. The molecule has 1 aromatic carbocycles. The summed E-state index contributed by atoms with van der Waals surface area (Å²) in [5.41, 5.74) is 2.39. The Morgan fingerprint density at radius 2 is 1.94 bits per heavy atom. The molecule has 1 aromatic rings. The van der Waals surface area contributed by atoms with Crippen LogP contribution in [-0.4, -0.2) is 6.04 Å². The van der Waals surface area contributed by atoms with Crippen LogP contribution >= 0.6 is 11.6 Å². The summed E-state index contributed by atoms with van der Waals surface area (Å²) < 4.78 is 0. The number of benzene rings is 1. The number of halogens is 1. The zero-order chi connectivity index (χ0) is 13.0. The number of hydrogen-bond acceptors (Lipinski definition) is 1. The first-order valence-electron chi connectivity index (χ1n) is 7.22. The van der Waals surface area contributed by atoms with Gasteiger partial charge in [-0.2, -0.15) is 0 Å². The van der Waals surface area contributed by atoms with Gasteiger partial charge >= 0.3 is 0 Å². The van der Waals surface area contributed by atoms with Crippen molar-refractivity contribution < 1.29 is 0 Å². The van der Waals surface area contributed by atoms with Crippen LogP contribution in [-0.2, 0) is 0 Å². The topological polar surface area (TPSA) is 12.0 Å². The molecule has 0 aliphatic heterocycles. The molecule has 1 fully saturated rings. The Hall–Kier alpha value is -0.690.